The number of ether oxygens (including phenoxy) is 1. The first-order valence-electron chi connectivity index (χ1n) is 12.0. The minimum atomic E-state index is -0.483. The highest BCUT2D eigenvalue weighted by Gasteiger charge is 2.26. The third-order valence-electron chi connectivity index (χ3n) is 6.02. The van der Waals surface area contributed by atoms with Gasteiger partial charge in [-0.25, -0.2) is 4.79 Å². The van der Waals surface area contributed by atoms with Crippen LogP contribution in [0.2, 0.25) is 0 Å². The molecule has 0 radical (unpaired) electrons. The Morgan fingerprint density at radius 2 is 1.82 bits per heavy atom. The van der Waals surface area contributed by atoms with Gasteiger partial charge >= 0.3 is 5.97 Å². The number of thioether (sulfide) groups is 1. The lowest BCUT2D eigenvalue weighted by Gasteiger charge is -2.13. The molecule has 0 aliphatic rings. The van der Waals surface area contributed by atoms with Gasteiger partial charge in [0.05, 0.1) is 12.9 Å². The van der Waals surface area contributed by atoms with Crippen molar-refractivity contribution in [2.24, 2.45) is 0 Å². The van der Waals surface area contributed by atoms with Gasteiger partial charge in [-0.3, -0.25) is 9.36 Å². The summed E-state index contributed by atoms with van der Waals surface area (Å²) in [7, 11) is 1.35. The number of benzene rings is 2. The van der Waals surface area contributed by atoms with Gasteiger partial charge < -0.3 is 10.1 Å². The molecule has 0 bridgehead atoms. The lowest BCUT2D eigenvalue weighted by molar-refractivity contribution is -0.113. The predicted octanol–water partition coefficient (Wildman–Crippen LogP) is 7.30. The number of nitrogens with one attached hydrogen (secondary N) is 1. The van der Waals surface area contributed by atoms with Gasteiger partial charge in [0.15, 0.2) is 11.0 Å². The van der Waals surface area contributed by atoms with Crippen LogP contribution in [0.1, 0.15) is 35.1 Å². The van der Waals surface area contributed by atoms with Gasteiger partial charge in [-0.15, -0.1) is 32.9 Å². The average Bonchev–Trinajstić information content (AvgIpc) is 3.62. The van der Waals surface area contributed by atoms with E-state index in [4.69, 9.17) is 4.74 Å². The zero-order chi connectivity index (χ0) is 26.8. The maximum absolute atomic E-state index is 13.1. The number of carbonyl (C=O) groups excluding carboxylic acids is 2. The summed E-state index contributed by atoms with van der Waals surface area (Å²) in [5.74, 6) is 0.188. The molecule has 2 aromatic carbocycles. The lowest BCUT2D eigenvalue weighted by Crippen LogP contribution is -2.16. The van der Waals surface area contributed by atoms with Crippen molar-refractivity contribution >= 4 is 61.4 Å². The number of hydrogen-bond donors (Lipinski definition) is 1. The van der Waals surface area contributed by atoms with Crippen molar-refractivity contribution in [1.29, 1.82) is 0 Å². The van der Waals surface area contributed by atoms with Gasteiger partial charge in [-0.1, -0.05) is 60.3 Å². The van der Waals surface area contributed by atoms with E-state index < -0.39 is 5.97 Å². The van der Waals surface area contributed by atoms with Crippen molar-refractivity contribution in [3.8, 4) is 22.5 Å². The van der Waals surface area contributed by atoms with Crippen LogP contribution in [0.4, 0.5) is 5.00 Å². The van der Waals surface area contributed by atoms with Crippen LogP contribution < -0.4 is 5.32 Å². The molecule has 0 saturated heterocycles. The third-order valence-corrected chi connectivity index (χ3v) is 8.95. The number of methoxy groups -OCH3 is 1. The summed E-state index contributed by atoms with van der Waals surface area (Å²) in [4.78, 5) is 26.7. The number of nitrogens with zero attached hydrogens (tertiary/aromatic N) is 3. The molecule has 0 fully saturated rings. The number of fused-ring (bicyclic) bond motifs is 1. The topological polar surface area (TPSA) is 86.1 Å². The van der Waals surface area contributed by atoms with Gasteiger partial charge in [-0.2, -0.15) is 0 Å². The molecule has 3 aromatic heterocycles. The highest BCUT2D eigenvalue weighted by Crippen LogP contribution is 2.41. The van der Waals surface area contributed by atoms with Crippen LogP contribution in [-0.4, -0.2) is 39.5 Å². The first-order chi connectivity index (χ1) is 18.4. The summed E-state index contributed by atoms with van der Waals surface area (Å²) in [6.45, 7) is 6.09. The Kier molecular flexibility index (Phi) is 7.64. The van der Waals surface area contributed by atoms with E-state index in [-0.39, 0.29) is 17.7 Å². The minimum absolute atomic E-state index is 0.100. The van der Waals surface area contributed by atoms with E-state index in [1.54, 1.807) is 11.3 Å². The molecule has 0 saturated carbocycles. The van der Waals surface area contributed by atoms with E-state index in [2.05, 4.69) is 51.4 Å². The quantitative estimate of drug-likeness (QED) is 0.158. The molecule has 10 heteroatoms. The SMILES string of the molecule is COC(=O)c1c(NC(=O)CSc2nnc(-c3csc4ccccc34)n2C(C)C)sc(C)c1-c1ccccc1. The van der Waals surface area contributed by atoms with Crippen molar-refractivity contribution in [1.82, 2.24) is 14.8 Å². The van der Waals surface area contributed by atoms with Crippen molar-refractivity contribution < 1.29 is 14.3 Å². The largest absolute Gasteiger partial charge is 0.465 e. The minimum Gasteiger partial charge on any atom is -0.465 e. The molecule has 38 heavy (non-hydrogen) atoms. The Balaban J connectivity index is 1.38. The van der Waals surface area contributed by atoms with Crippen molar-refractivity contribution in [2.45, 2.75) is 32.0 Å². The lowest BCUT2D eigenvalue weighted by atomic mass is 10.0. The molecule has 0 spiro atoms. The van der Waals surface area contributed by atoms with E-state index in [9.17, 15) is 9.59 Å². The van der Waals surface area contributed by atoms with Gasteiger partial charge in [0, 0.05) is 37.5 Å². The first kappa shape index (κ1) is 26.1. The molecule has 1 N–H and O–H groups in total. The predicted molar refractivity (Wildman–Crippen MR) is 156 cm³/mol. The smallest absolute Gasteiger partial charge is 0.341 e. The summed E-state index contributed by atoms with van der Waals surface area (Å²) in [5, 5.41) is 16.2. The maximum Gasteiger partial charge on any atom is 0.341 e. The van der Waals surface area contributed by atoms with E-state index in [1.807, 2.05) is 49.4 Å². The molecular weight excluding hydrogens is 537 g/mol. The van der Waals surface area contributed by atoms with Gasteiger partial charge in [0.1, 0.15) is 10.6 Å². The van der Waals surface area contributed by atoms with Crippen LogP contribution in [0, 0.1) is 6.92 Å². The molecule has 194 valence electrons. The average molecular weight is 563 g/mol. The second-order valence-corrected chi connectivity index (χ2v) is 11.9. The molecule has 0 atom stereocenters. The number of esters is 1. The number of amides is 1. The van der Waals surface area contributed by atoms with Crippen LogP contribution >= 0.6 is 34.4 Å². The Labute approximate surface area is 232 Å². The fourth-order valence-corrected chi connectivity index (χ4v) is 7.24. The number of aromatic nitrogens is 3. The molecule has 1 amide bonds. The van der Waals surface area contributed by atoms with Crippen LogP contribution in [0.3, 0.4) is 0 Å². The molecule has 0 unspecified atom stereocenters. The summed E-state index contributed by atoms with van der Waals surface area (Å²) in [6, 6.07) is 18.0. The molecule has 5 rings (SSSR count). The van der Waals surface area contributed by atoms with E-state index in [1.165, 1.54) is 34.9 Å². The van der Waals surface area contributed by atoms with E-state index >= 15 is 0 Å². The zero-order valence-corrected chi connectivity index (χ0v) is 23.8. The van der Waals surface area contributed by atoms with Gasteiger partial charge in [0.25, 0.3) is 0 Å². The Morgan fingerprint density at radius 1 is 1.08 bits per heavy atom. The number of thiophene rings is 2. The molecule has 5 aromatic rings. The number of anilines is 1. The molecular formula is C28H26N4O3S3. The van der Waals surface area contributed by atoms with Crippen LogP contribution in [-0.2, 0) is 9.53 Å². The molecule has 0 aliphatic heterocycles. The van der Waals surface area contributed by atoms with Crippen LogP contribution in [0.5, 0.6) is 0 Å². The highest BCUT2D eigenvalue weighted by molar-refractivity contribution is 7.99. The second kappa shape index (κ2) is 11.1. The monoisotopic (exact) mass is 562 g/mol. The summed E-state index contributed by atoms with van der Waals surface area (Å²) < 4.78 is 8.32. The molecule has 0 aliphatic carbocycles. The fourth-order valence-electron chi connectivity index (χ4n) is 4.35. The van der Waals surface area contributed by atoms with Crippen LogP contribution in [0.25, 0.3) is 32.6 Å². The summed E-state index contributed by atoms with van der Waals surface area (Å²) in [5.41, 5.74) is 3.08. The first-order valence-corrected chi connectivity index (χ1v) is 14.7. The molecule has 7 nitrogen and oxygen atoms in total. The normalized spacial score (nSPS) is 11.3. The Bertz CT molecular complexity index is 1620. The van der Waals surface area contributed by atoms with Gasteiger partial charge in [-0.05, 0) is 32.4 Å². The van der Waals surface area contributed by atoms with Crippen LogP contribution in [0.15, 0.2) is 65.1 Å². The zero-order valence-electron chi connectivity index (χ0n) is 21.3. The maximum atomic E-state index is 13.1. The third kappa shape index (κ3) is 4.99. The number of hydrogen-bond acceptors (Lipinski definition) is 8. The highest BCUT2D eigenvalue weighted by atomic mass is 32.2. The van der Waals surface area contributed by atoms with Crippen molar-refractivity contribution in [3.05, 3.63) is 70.4 Å². The molecule has 3 heterocycles. The summed E-state index contributed by atoms with van der Waals surface area (Å²) >= 11 is 4.37. The Hall–Kier alpha value is -3.47. The standard InChI is InChI=1S/C28H26N4O3S3/c1-16(2)32-25(20-14-36-21-13-9-8-12-19(20)21)30-31-28(32)37-15-22(33)29-26-24(27(34)35-4)23(17(3)38-26)18-10-6-5-7-11-18/h5-14,16H,15H2,1-4H3,(H,29,33). The Morgan fingerprint density at radius 3 is 2.55 bits per heavy atom. The van der Waals surface area contributed by atoms with Gasteiger partial charge in [0.2, 0.25) is 5.91 Å². The second-order valence-electron chi connectivity index (χ2n) is 8.85. The number of aryl methyl sites for hydroxylation is 1. The summed E-state index contributed by atoms with van der Waals surface area (Å²) in [6.07, 6.45) is 0. The van der Waals surface area contributed by atoms with Crippen molar-refractivity contribution in [3.63, 3.8) is 0 Å². The van der Waals surface area contributed by atoms with E-state index in [0.29, 0.717) is 15.7 Å². The number of carbonyl (C=O) groups is 2. The van der Waals surface area contributed by atoms with Crippen molar-refractivity contribution in [2.75, 3.05) is 18.2 Å². The fraction of sp³-hybridized carbons (Fsp3) is 0.214. The number of rotatable bonds is 8. The van der Waals surface area contributed by atoms with E-state index in [0.717, 1.165) is 32.8 Å².